The van der Waals surface area contributed by atoms with Gasteiger partial charge in [0.2, 0.25) is 0 Å². The zero-order chi connectivity index (χ0) is 17.8. The van der Waals surface area contributed by atoms with E-state index in [0.29, 0.717) is 17.0 Å². The molecule has 128 valence electrons. The van der Waals surface area contributed by atoms with Crippen molar-refractivity contribution in [1.29, 1.82) is 0 Å². The number of benzene rings is 1. The molecule has 1 aromatic heterocycles. The van der Waals surface area contributed by atoms with Crippen LogP contribution in [0.4, 0.5) is 0 Å². The number of hydroxylamine groups is 2. The van der Waals surface area contributed by atoms with Gasteiger partial charge in [0.25, 0.3) is 17.7 Å². The highest BCUT2D eigenvalue weighted by molar-refractivity contribution is 7.08. The SMILES string of the molecule is O=C(CCCNC(=O)c1ccsc1)ON1C(=O)c2ccccc2C1=O. The van der Waals surface area contributed by atoms with Crippen LogP contribution < -0.4 is 5.32 Å². The van der Waals surface area contributed by atoms with Crippen molar-refractivity contribution in [3.8, 4) is 0 Å². The van der Waals surface area contributed by atoms with E-state index in [9.17, 15) is 19.2 Å². The number of amides is 3. The summed E-state index contributed by atoms with van der Waals surface area (Å²) in [6.45, 7) is 0.284. The fourth-order valence-electron chi connectivity index (χ4n) is 2.33. The molecule has 0 atom stereocenters. The van der Waals surface area contributed by atoms with E-state index in [4.69, 9.17) is 4.84 Å². The van der Waals surface area contributed by atoms with Crippen molar-refractivity contribution in [3.05, 3.63) is 57.8 Å². The molecule has 0 saturated heterocycles. The number of fused-ring (bicyclic) bond motifs is 1. The molecule has 0 unspecified atom stereocenters. The Morgan fingerprint density at radius 1 is 1.08 bits per heavy atom. The van der Waals surface area contributed by atoms with E-state index in [0.717, 1.165) is 0 Å². The normalized spacial score (nSPS) is 12.9. The number of thiophene rings is 1. The molecule has 1 aliphatic heterocycles. The molecule has 0 radical (unpaired) electrons. The summed E-state index contributed by atoms with van der Waals surface area (Å²) in [7, 11) is 0. The summed E-state index contributed by atoms with van der Waals surface area (Å²) < 4.78 is 0. The van der Waals surface area contributed by atoms with Gasteiger partial charge in [-0.15, -0.1) is 0 Å². The third kappa shape index (κ3) is 3.58. The Bertz CT molecular complexity index is 796. The zero-order valence-corrected chi connectivity index (χ0v) is 13.9. The molecule has 0 aliphatic carbocycles. The van der Waals surface area contributed by atoms with E-state index in [1.54, 1.807) is 29.0 Å². The van der Waals surface area contributed by atoms with E-state index in [2.05, 4.69) is 5.32 Å². The Labute approximate surface area is 147 Å². The molecule has 1 N–H and O–H groups in total. The van der Waals surface area contributed by atoms with Gasteiger partial charge in [-0.25, -0.2) is 4.79 Å². The molecule has 0 bridgehead atoms. The molecule has 8 heteroatoms. The van der Waals surface area contributed by atoms with E-state index in [1.165, 1.54) is 23.5 Å². The lowest BCUT2D eigenvalue weighted by Crippen LogP contribution is -2.33. The zero-order valence-electron chi connectivity index (χ0n) is 13.1. The van der Waals surface area contributed by atoms with Gasteiger partial charge in [-0.1, -0.05) is 17.2 Å². The van der Waals surface area contributed by atoms with Gasteiger partial charge in [0.1, 0.15) is 0 Å². The van der Waals surface area contributed by atoms with E-state index >= 15 is 0 Å². The first-order valence-corrected chi connectivity index (χ1v) is 8.51. The molecule has 1 aliphatic rings. The largest absolute Gasteiger partial charge is 0.352 e. The van der Waals surface area contributed by atoms with Gasteiger partial charge in [-0.3, -0.25) is 14.4 Å². The standard InChI is InChI=1S/C17H14N2O5S/c20-14(6-3-8-18-15(21)11-7-9-25-10-11)24-19-16(22)12-4-1-2-5-13(12)17(19)23/h1-2,4-5,7,9-10H,3,6,8H2,(H,18,21). The van der Waals surface area contributed by atoms with Crippen molar-refractivity contribution >= 4 is 35.0 Å². The minimum atomic E-state index is -0.709. The molecule has 0 spiro atoms. The highest BCUT2D eigenvalue weighted by Gasteiger charge is 2.38. The average Bonchev–Trinajstić information content (AvgIpc) is 3.23. The number of carbonyl (C=O) groups is 4. The summed E-state index contributed by atoms with van der Waals surface area (Å²) in [6, 6.07) is 7.97. The van der Waals surface area contributed by atoms with E-state index in [-0.39, 0.29) is 30.0 Å². The lowest BCUT2D eigenvalue weighted by Gasteiger charge is -2.12. The fraction of sp³-hybridized carbons (Fsp3) is 0.176. The predicted molar refractivity (Wildman–Crippen MR) is 88.9 cm³/mol. The van der Waals surface area contributed by atoms with Gasteiger partial charge >= 0.3 is 5.97 Å². The quantitative estimate of drug-likeness (QED) is 0.630. The minimum Gasteiger partial charge on any atom is -0.352 e. The third-order valence-electron chi connectivity index (χ3n) is 3.58. The van der Waals surface area contributed by atoms with Crippen LogP contribution in [0.25, 0.3) is 0 Å². The Kier molecular flexibility index (Phi) is 4.90. The summed E-state index contributed by atoms with van der Waals surface area (Å²) in [5.74, 6) is -2.23. The summed E-state index contributed by atoms with van der Waals surface area (Å²) in [6.07, 6.45) is 0.301. The molecule has 3 amide bonds. The molecule has 1 aromatic carbocycles. The van der Waals surface area contributed by atoms with Gasteiger partial charge in [0.05, 0.1) is 11.1 Å². The Morgan fingerprint density at radius 3 is 2.36 bits per heavy atom. The van der Waals surface area contributed by atoms with Crippen LogP contribution in [-0.4, -0.2) is 35.3 Å². The number of hydrogen-bond acceptors (Lipinski definition) is 6. The number of imide groups is 1. The molecular weight excluding hydrogens is 344 g/mol. The van der Waals surface area contributed by atoms with Crippen LogP contribution in [0, 0.1) is 0 Å². The van der Waals surface area contributed by atoms with E-state index < -0.39 is 17.8 Å². The second-order valence-corrected chi connectivity index (χ2v) is 6.07. The number of nitrogens with zero attached hydrogens (tertiary/aromatic N) is 1. The second kappa shape index (κ2) is 7.27. The van der Waals surface area contributed by atoms with Crippen LogP contribution in [0.15, 0.2) is 41.1 Å². The first-order chi connectivity index (χ1) is 12.1. The lowest BCUT2D eigenvalue weighted by molar-refractivity contribution is -0.168. The van der Waals surface area contributed by atoms with Crippen molar-refractivity contribution in [2.45, 2.75) is 12.8 Å². The maximum absolute atomic E-state index is 12.1. The first-order valence-electron chi connectivity index (χ1n) is 7.57. The van der Waals surface area contributed by atoms with Gasteiger partial charge in [0.15, 0.2) is 0 Å². The highest BCUT2D eigenvalue weighted by atomic mass is 32.1. The number of rotatable bonds is 6. The summed E-state index contributed by atoms with van der Waals surface area (Å²) in [5, 5.41) is 6.69. The van der Waals surface area contributed by atoms with Crippen LogP contribution in [0.2, 0.25) is 0 Å². The molecule has 7 nitrogen and oxygen atoms in total. The first kappa shape index (κ1) is 16.8. The van der Waals surface area contributed by atoms with Gasteiger partial charge in [-0.05, 0) is 30.0 Å². The minimum absolute atomic E-state index is 0.0304. The number of hydrogen-bond donors (Lipinski definition) is 1. The van der Waals surface area contributed by atoms with Gasteiger partial charge < -0.3 is 10.2 Å². The van der Waals surface area contributed by atoms with E-state index in [1.807, 2.05) is 0 Å². The Balaban J connectivity index is 1.45. The second-order valence-electron chi connectivity index (χ2n) is 5.29. The van der Waals surface area contributed by atoms with Crippen molar-refractivity contribution < 1.29 is 24.0 Å². The monoisotopic (exact) mass is 358 g/mol. The van der Waals surface area contributed by atoms with Gasteiger partial charge in [-0.2, -0.15) is 11.3 Å². The van der Waals surface area contributed by atoms with Crippen LogP contribution in [0.1, 0.15) is 43.9 Å². The molecule has 0 saturated carbocycles. The van der Waals surface area contributed by atoms with Crippen LogP contribution in [0.5, 0.6) is 0 Å². The number of carbonyl (C=O) groups excluding carboxylic acids is 4. The lowest BCUT2D eigenvalue weighted by atomic mass is 10.1. The molecule has 2 heterocycles. The smallest absolute Gasteiger partial charge is 0.333 e. The maximum Gasteiger partial charge on any atom is 0.333 e. The molecule has 25 heavy (non-hydrogen) atoms. The summed E-state index contributed by atoms with van der Waals surface area (Å²) >= 11 is 1.42. The Hall–Kier alpha value is -3.00. The predicted octanol–water partition coefficient (Wildman–Crippen LogP) is 2.01. The van der Waals surface area contributed by atoms with Crippen LogP contribution in [0.3, 0.4) is 0 Å². The van der Waals surface area contributed by atoms with Crippen molar-refractivity contribution in [3.63, 3.8) is 0 Å². The molecule has 3 rings (SSSR count). The molecule has 2 aromatic rings. The van der Waals surface area contributed by atoms with Crippen molar-refractivity contribution in [1.82, 2.24) is 10.4 Å². The average molecular weight is 358 g/mol. The summed E-state index contributed by atoms with van der Waals surface area (Å²) in [5.41, 5.74) is 0.991. The van der Waals surface area contributed by atoms with Crippen LogP contribution in [-0.2, 0) is 9.63 Å². The maximum atomic E-state index is 12.1. The fourth-order valence-corrected chi connectivity index (χ4v) is 2.96. The molecule has 0 fully saturated rings. The highest BCUT2D eigenvalue weighted by Crippen LogP contribution is 2.22. The number of nitrogens with one attached hydrogen (secondary N) is 1. The van der Waals surface area contributed by atoms with Crippen LogP contribution >= 0.6 is 11.3 Å². The third-order valence-corrected chi connectivity index (χ3v) is 4.26. The van der Waals surface area contributed by atoms with Crippen molar-refractivity contribution in [2.24, 2.45) is 0 Å². The topological polar surface area (TPSA) is 92.8 Å². The summed E-state index contributed by atoms with van der Waals surface area (Å²) in [4.78, 5) is 52.6. The van der Waals surface area contributed by atoms with Gasteiger partial charge in [0, 0.05) is 23.9 Å². The Morgan fingerprint density at radius 2 is 1.76 bits per heavy atom. The molecular formula is C17H14N2O5S. The van der Waals surface area contributed by atoms with Crippen molar-refractivity contribution in [2.75, 3.05) is 6.54 Å².